The lowest BCUT2D eigenvalue weighted by atomic mass is 9.77. The van der Waals surface area contributed by atoms with Crippen molar-refractivity contribution in [1.29, 1.82) is 0 Å². The summed E-state index contributed by atoms with van der Waals surface area (Å²) in [4.78, 5) is 4.70. The average Bonchev–Trinajstić information content (AvgIpc) is 2.83. The Morgan fingerprint density at radius 3 is 2.95 bits per heavy atom. The van der Waals surface area contributed by atoms with Crippen molar-refractivity contribution in [1.82, 2.24) is 4.98 Å². The SMILES string of the molecule is CCC1CCC(O)C(Cc2nc3ccccc3s2)C1. The van der Waals surface area contributed by atoms with E-state index in [0.717, 1.165) is 30.7 Å². The van der Waals surface area contributed by atoms with Crippen LogP contribution in [0, 0.1) is 11.8 Å². The maximum absolute atomic E-state index is 10.2. The van der Waals surface area contributed by atoms with Gasteiger partial charge in [-0.3, -0.25) is 0 Å². The van der Waals surface area contributed by atoms with Gasteiger partial charge in [-0.25, -0.2) is 4.98 Å². The second-order valence-electron chi connectivity index (χ2n) is 5.69. The molecule has 0 aliphatic heterocycles. The van der Waals surface area contributed by atoms with Crippen LogP contribution in [0.5, 0.6) is 0 Å². The van der Waals surface area contributed by atoms with E-state index in [-0.39, 0.29) is 6.10 Å². The first kappa shape index (κ1) is 13.1. The molecular formula is C16H21NOS. The summed E-state index contributed by atoms with van der Waals surface area (Å²) in [6, 6.07) is 8.30. The molecule has 3 rings (SSSR count). The number of aliphatic hydroxyl groups excluding tert-OH is 1. The van der Waals surface area contributed by atoms with Crippen molar-refractivity contribution < 1.29 is 5.11 Å². The highest BCUT2D eigenvalue weighted by atomic mass is 32.1. The molecule has 1 N–H and O–H groups in total. The summed E-state index contributed by atoms with van der Waals surface area (Å²) in [5.41, 5.74) is 1.10. The first-order valence-corrected chi connectivity index (χ1v) is 8.10. The maximum atomic E-state index is 10.2. The molecule has 0 saturated heterocycles. The summed E-state index contributed by atoms with van der Waals surface area (Å²) in [6.45, 7) is 2.26. The molecule has 1 aromatic carbocycles. The van der Waals surface area contributed by atoms with Gasteiger partial charge in [-0.05, 0) is 43.2 Å². The molecule has 19 heavy (non-hydrogen) atoms. The zero-order chi connectivity index (χ0) is 13.2. The van der Waals surface area contributed by atoms with Crippen molar-refractivity contribution in [2.45, 2.75) is 45.1 Å². The molecule has 0 bridgehead atoms. The minimum atomic E-state index is -0.130. The Balaban J connectivity index is 1.75. The lowest BCUT2D eigenvalue weighted by molar-refractivity contribution is 0.0475. The predicted octanol–water partition coefficient (Wildman–Crippen LogP) is 4.03. The van der Waals surface area contributed by atoms with Gasteiger partial charge in [-0.2, -0.15) is 0 Å². The molecule has 3 heteroatoms. The van der Waals surface area contributed by atoms with Gasteiger partial charge >= 0.3 is 0 Å². The molecule has 0 radical (unpaired) electrons. The molecule has 1 aliphatic carbocycles. The molecule has 0 amide bonds. The van der Waals surface area contributed by atoms with Gasteiger partial charge in [-0.15, -0.1) is 11.3 Å². The van der Waals surface area contributed by atoms with Crippen LogP contribution in [0.25, 0.3) is 10.2 Å². The van der Waals surface area contributed by atoms with Gasteiger partial charge in [-0.1, -0.05) is 25.5 Å². The summed E-state index contributed by atoms with van der Waals surface area (Å²) >= 11 is 1.78. The minimum absolute atomic E-state index is 0.130. The molecule has 0 spiro atoms. The third kappa shape index (κ3) is 2.82. The quantitative estimate of drug-likeness (QED) is 0.917. The number of thiazole rings is 1. The van der Waals surface area contributed by atoms with Crippen molar-refractivity contribution in [3.05, 3.63) is 29.3 Å². The number of aliphatic hydroxyl groups is 1. The highest BCUT2D eigenvalue weighted by molar-refractivity contribution is 7.18. The van der Waals surface area contributed by atoms with Crippen LogP contribution >= 0.6 is 11.3 Å². The van der Waals surface area contributed by atoms with Gasteiger partial charge in [0.2, 0.25) is 0 Å². The van der Waals surface area contributed by atoms with Crippen LogP contribution in [-0.2, 0) is 6.42 Å². The molecule has 1 heterocycles. The molecular weight excluding hydrogens is 254 g/mol. The number of nitrogens with zero attached hydrogens (tertiary/aromatic N) is 1. The van der Waals surface area contributed by atoms with Gasteiger partial charge < -0.3 is 5.11 Å². The van der Waals surface area contributed by atoms with Gasteiger partial charge in [0.05, 0.1) is 21.3 Å². The van der Waals surface area contributed by atoms with Crippen LogP contribution in [0.3, 0.4) is 0 Å². The summed E-state index contributed by atoms with van der Waals surface area (Å²) in [6.07, 6.45) is 5.37. The topological polar surface area (TPSA) is 33.1 Å². The standard InChI is InChI=1S/C16H21NOS/c1-2-11-7-8-14(18)12(9-11)10-16-17-13-5-3-4-6-15(13)19-16/h3-6,11-12,14,18H,2,7-10H2,1H3. The Kier molecular flexibility index (Phi) is 3.85. The number of aromatic nitrogens is 1. The fourth-order valence-corrected chi connectivity index (χ4v) is 4.23. The highest BCUT2D eigenvalue weighted by Gasteiger charge is 2.29. The van der Waals surface area contributed by atoms with E-state index in [9.17, 15) is 5.11 Å². The van der Waals surface area contributed by atoms with Crippen molar-refractivity contribution >= 4 is 21.6 Å². The van der Waals surface area contributed by atoms with E-state index < -0.39 is 0 Å². The Morgan fingerprint density at radius 2 is 2.16 bits per heavy atom. The Bertz CT molecular complexity index is 517. The van der Waals surface area contributed by atoms with Crippen molar-refractivity contribution in [2.75, 3.05) is 0 Å². The van der Waals surface area contributed by atoms with Crippen molar-refractivity contribution in [2.24, 2.45) is 11.8 Å². The molecule has 1 fully saturated rings. The molecule has 1 aliphatic rings. The summed E-state index contributed by atoms with van der Waals surface area (Å²) in [7, 11) is 0. The van der Waals surface area contributed by atoms with Gasteiger partial charge in [0.25, 0.3) is 0 Å². The van der Waals surface area contributed by atoms with Crippen LogP contribution in [0.15, 0.2) is 24.3 Å². The Morgan fingerprint density at radius 1 is 1.32 bits per heavy atom. The van der Waals surface area contributed by atoms with E-state index in [1.54, 1.807) is 11.3 Å². The molecule has 2 nitrogen and oxygen atoms in total. The molecule has 1 aromatic heterocycles. The van der Waals surface area contributed by atoms with Gasteiger partial charge in [0.1, 0.15) is 0 Å². The second-order valence-corrected chi connectivity index (χ2v) is 6.81. The largest absolute Gasteiger partial charge is 0.393 e. The van der Waals surface area contributed by atoms with Gasteiger partial charge in [0, 0.05) is 6.42 Å². The molecule has 2 aromatic rings. The predicted molar refractivity (Wildman–Crippen MR) is 80.5 cm³/mol. The molecule has 3 atom stereocenters. The maximum Gasteiger partial charge on any atom is 0.0942 e. The minimum Gasteiger partial charge on any atom is -0.393 e. The summed E-state index contributed by atoms with van der Waals surface area (Å²) in [5, 5.41) is 11.4. The van der Waals surface area contributed by atoms with Crippen LogP contribution in [0.1, 0.15) is 37.6 Å². The van der Waals surface area contributed by atoms with Crippen molar-refractivity contribution in [3.8, 4) is 0 Å². The van der Waals surface area contributed by atoms with Crippen molar-refractivity contribution in [3.63, 3.8) is 0 Å². The monoisotopic (exact) mass is 275 g/mol. The van der Waals surface area contributed by atoms with E-state index in [2.05, 4.69) is 25.1 Å². The van der Waals surface area contributed by atoms with E-state index in [1.807, 2.05) is 6.07 Å². The fourth-order valence-electron chi connectivity index (χ4n) is 3.17. The smallest absolute Gasteiger partial charge is 0.0942 e. The molecule has 1 saturated carbocycles. The zero-order valence-corrected chi connectivity index (χ0v) is 12.2. The zero-order valence-electron chi connectivity index (χ0n) is 11.4. The number of hydrogen-bond donors (Lipinski definition) is 1. The Hall–Kier alpha value is -0.930. The van der Waals surface area contributed by atoms with Gasteiger partial charge in [0.15, 0.2) is 0 Å². The normalized spacial score (nSPS) is 27.8. The number of fused-ring (bicyclic) bond motifs is 1. The number of benzene rings is 1. The number of para-hydroxylation sites is 1. The first-order chi connectivity index (χ1) is 9.26. The summed E-state index contributed by atoms with van der Waals surface area (Å²) < 4.78 is 1.26. The van der Waals surface area contributed by atoms with Crippen LogP contribution < -0.4 is 0 Å². The van der Waals surface area contributed by atoms with E-state index in [4.69, 9.17) is 4.98 Å². The lowest BCUT2D eigenvalue weighted by Crippen LogP contribution is -2.30. The number of hydrogen-bond acceptors (Lipinski definition) is 3. The van der Waals surface area contributed by atoms with E-state index in [0.29, 0.717) is 5.92 Å². The fraction of sp³-hybridized carbons (Fsp3) is 0.562. The van der Waals surface area contributed by atoms with E-state index in [1.165, 1.54) is 22.5 Å². The van der Waals surface area contributed by atoms with E-state index >= 15 is 0 Å². The second kappa shape index (κ2) is 5.59. The highest BCUT2D eigenvalue weighted by Crippen LogP contribution is 2.34. The molecule has 3 unspecified atom stereocenters. The first-order valence-electron chi connectivity index (χ1n) is 7.28. The third-order valence-electron chi connectivity index (χ3n) is 4.40. The van der Waals surface area contributed by atoms with Crippen LogP contribution in [-0.4, -0.2) is 16.2 Å². The number of rotatable bonds is 3. The Labute approximate surface area is 118 Å². The third-order valence-corrected chi connectivity index (χ3v) is 5.46. The molecule has 102 valence electrons. The average molecular weight is 275 g/mol. The summed E-state index contributed by atoms with van der Waals surface area (Å²) in [5.74, 6) is 1.20. The lowest BCUT2D eigenvalue weighted by Gasteiger charge is -2.32. The van der Waals surface area contributed by atoms with Crippen LogP contribution in [0.4, 0.5) is 0 Å². The van der Waals surface area contributed by atoms with Crippen LogP contribution in [0.2, 0.25) is 0 Å².